The van der Waals surface area contributed by atoms with E-state index in [1.54, 1.807) is 48.6 Å². The van der Waals surface area contributed by atoms with Gasteiger partial charge in [-0.25, -0.2) is 12.8 Å². The maximum absolute atomic E-state index is 14.0. The fraction of sp³-hybridized carbons (Fsp3) is 0.226. The summed E-state index contributed by atoms with van der Waals surface area (Å²) in [5.74, 6) is -0.408. The van der Waals surface area contributed by atoms with Gasteiger partial charge >= 0.3 is 0 Å². The molecular formula is C31H34ClFN4O2S. The first-order valence-corrected chi connectivity index (χ1v) is 14.8. The summed E-state index contributed by atoms with van der Waals surface area (Å²) in [7, 11) is -3.90. The highest BCUT2D eigenvalue weighted by Crippen LogP contribution is 2.30. The molecule has 2 atom stereocenters. The van der Waals surface area contributed by atoms with E-state index in [9.17, 15) is 12.8 Å². The van der Waals surface area contributed by atoms with E-state index in [1.807, 2.05) is 18.2 Å². The number of para-hydroxylation sites is 1. The highest BCUT2D eigenvalue weighted by atomic mass is 35.5. The Morgan fingerprint density at radius 3 is 2.55 bits per heavy atom. The van der Waals surface area contributed by atoms with Gasteiger partial charge in [-0.2, -0.15) is 0 Å². The third-order valence-electron chi connectivity index (χ3n) is 7.25. The van der Waals surface area contributed by atoms with Crippen molar-refractivity contribution in [2.24, 2.45) is 0 Å². The number of nitrogens with zero attached hydrogens (tertiary/aromatic N) is 2. The molecule has 1 unspecified atom stereocenters. The fourth-order valence-electron chi connectivity index (χ4n) is 4.94. The van der Waals surface area contributed by atoms with Crippen LogP contribution >= 0.6 is 11.6 Å². The van der Waals surface area contributed by atoms with Crippen LogP contribution in [0.1, 0.15) is 36.6 Å². The van der Waals surface area contributed by atoms with Gasteiger partial charge in [-0.05, 0) is 60.9 Å². The van der Waals surface area contributed by atoms with E-state index < -0.39 is 15.8 Å². The summed E-state index contributed by atoms with van der Waals surface area (Å²) in [6.45, 7) is 14.5. The van der Waals surface area contributed by atoms with Crippen molar-refractivity contribution in [3.63, 3.8) is 0 Å². The van der Waals surface area contributed by atoms with Crippen molar-refractivity contribution < 1.29 is 12.8 Å². The molecule has 3 aromatic rings. The predicted octanol–water partition coefficient (Wildman–Crippen LogP) is 6.80. The lowest BCUT2D eigenvalue weighted by molar-refractivity contribution is 0.0967. The second-order valence-corrected chi connectivity index (χ2v) is 11.9. The molecule has 210 valence electrons. The number of halogens is 2. The number of piperazine rings is 1. The van der Waals surface area contributed by atoms with Crippen molar-refractivity contribution in [2.75, 3.05) is 30.1 Å². The molecule has 3 aromatic carbocycles. The number of nitrogen functional groups attached to an aromatic ring is 1. The zero-order valence-electron chi connectivity index (χ0n) is 22.6. The molecule has 1 fully saturated rings. The van der Waals surface area contributed by atoms with Crippen LogP contribution in [0.3, 0.4) is 0 Å². The smallest absolute Gasteiger partial charge is 0.263 e. The Labute approximate surface area is 241 Å². The van der Waals surface area contributed by atoms with Crippen LogP contribution in [0.5, 0.6) is 0 Å². The molecule has 1 aliphatic heterocycles. The Hall–Kier alpha value is -3.59. The lowest BCUT2D eigenvalue weighted by atomic mass is 10.0. The number of anilines is 2. The Bertz CT molecular complexity index is 1540. The molecule has 0 radical (unpaired) electrons. The number of benzene rings is 3. The zero-order valence-corrected chi connectivity index (χ0v) is 24.2. The average molecular weight is 581 g/mol. The number of nitrogens with two attached hydrogens (primary N) is 1. The standard InChI is InChI=1S/C31H34ClFN4O2S/c1-5-6-8-25-9-7-10-30(31(25)34)40(38,39)35-27-14-11-24(12-15-27)23(4)37-18-17-36(20-21(37)2)22(3)26-13-16-28(32)29(33)19-26/h5-16,19,21-22,35H,1,4,17-18,20,34H2,2-3H3/b8-6-/t21-,22?/m1/s1. The van der Waals surface area contributed by atoms with E-state index in [1.165, 1.54) is 12.1 Å². The summed E-state index contributed by atoms with van der Waals surface area (Å²) in [5, 5.41) is 0.124. The molecule has 0 bridgehead atoms. The van der Waals surface area contributed by atoms with Gasteiger partial charge in [-0.1, -0.05) is 73.3 Å². The SMILES string of the molecule is C=C/C=C\c1cccc(S(=O)(=O)Nc2ccc(C(=C)N3CCN(C(C)c4ccc(Cl)c(F)c4)C[C@H]3C)cc2)c1N. The molecule has 1 saturated heterocycles. The zero-order chi connectivity index (χ0) is 29.0. The van der Waals surface area contributed by atoms with Crippen molar-refractivity contribution in [1.29, 1.82) is 0 Å². The minimum absolute atomic E-state index is 0.00876. The van der Waals surface area contributed by atoms with Gasteiger partial charge in [0.1, 0.15) is 10.7 Å². The summed E-state index contributed by atoms with van der Waals surface area (Å²) in [6, 6.07) is 17.2. The van der Waals surface area contributed by atoms with Crippen LogP contribution in [-0.4, -0.2) is 43.9 Å². The van der Waals surface area contributed by atoms with E-state index in [4.69, 9.17) is 17.3 Å². The summed E-state index contributed by atoms with van der Waals surface area (Å²) in [5.41, 5.74) is 9.98. The van der Waals surface area contributed by atoms with Gasteiger partial charge in [-0.3, -0.25) is 9.62 Å². The third kappa shape index (κ3) is 6.41. The number of allylic oxidation sites excluding steroid dienone is 2. The quantitative estimate of drug-likeness (QED) is 0.215. The highest BCUT2D eigenvalue weighted by Gasteiger charge is 2.28. The molecule has 4 rings (SSSR count). The Morgan fingerprint density at radius 2 is 1.90 bits per heavy atom. The normalized spacial score (nSPS) is 17.1. The molecule has 3 N–H and O–H groups in total. The molecular weight excluding hydrogens is 547 g/mol. The van der Waals surface area contributed by atoms with Crippen molar-refractivity contribution in [3.05, 3.63) is 114 Å². The molecule has 0 amide bonds. The minimum Gasteiger partial charge on any atom is -0.397 e. The largest absolute Gasteiger partial charge is 0.397 e. The number of hydrogen-bond donors (Lipinski definition) is 2. The summed E-state index contributed by atoms with van der Waals surface area (Å²) < 4.78 is 42.8. The van der Waals surface area contributed by atoms with E-state index in [2.05, 4.69) is 41.5 Å². The lowest BCUT2D eigenvalue weighted by Crippen LogP contribution is -2.51. The Morgan fingerprint density at radius 1 is 1.18 bits per heavy atom. The topological polar surface area (TPSA) is 78.7 Å². The molecule has 6 nitrogen and oxygen atoms in total. The van der Waals surface area contributed by atoms with Crippen LogP contribution in [0.2, 0.25) is 5.02 Å². The maximum atomic E-state index is 14.0. The average Bonchev–Trinajstić information content (AvgIpc) is 2.93. The molecule has 1 aliphatic rings. The van der Waals surface area contributed by atoms with Gasteiger partial charge in [0.25, 0.3) is 10.0 Å². The minimum atomic E-state index is -3.90. The summed E-state index contributed by atoms with van der Waals surface area (Å²) in [6.07, 6.45) is 5.00. The maximum Gasteiger partial charge on any atom is 0.263 e. The van der Waals surface area contributed by atoms with Gasteiger partial charge in [0.15, 0.2) is 0 Å². The van der Waals surface area contributed by atoms with Gasteiger partial charge in [0, 0.05) is 43.1 Å². The van der Waals surface area contributed by atoms with Crippen LogP contribution in [0, 0.1) is 5.82 Å². The van der Waals surface area contributed by atoms with Crippen LogP contribution < -0.4 is 10.5 Å². The molecule has 9 heteroatoms. The van der Waals surface area contributed by atoms with E-state index in [0.717, 1.165) is 36.5 Å². The Kier molecular flexibility index (Phi) is 9.03. The van der Waals surface area contributed by atoms with Crippen LogP contribution in [0.15, 0.2) is 90.9 Å². The molecule has 0 saturated carbocycles. The first-order valence-electron chi connectivity index (χ1n) is 13.0. The second kappa shape index (κ2) is 12.3. The molecule has 1 heterocycles. The fourth-order valence-corrected chi connectivity index (χ4v) is 6.28. The number of nitrogens with one attached hydrogen (secondary N) is 1. The molecule has 0 aromatic heterocycles. The number of sulfonamides is 1. The molecule has 40 heavy (non-hydrogen) atoms. The highest BCUT2D eigenvalue weighted by molar-refractivity contribution is 7.92. The second-order valence-electron chi connectivity index (χ2n) is 9.87. The first kappa shape index (κ1) is 29.4. The summed E-state index contributed by atoms with van der Waals surface area (Å²) in [4.78, 5) is 4.57. The van der Waals surface area contributed by atoms with E-state index >= 15 is 0 Å². The van der Waals surface area contributed by atoms with Crippen LogP contribution in [0.4, 0.5) is 15.8 Å². The van der Waals surface area contributed by atoms with E-state index in [0.29, 0.717) is 11.3 Å². The predicted molar refractivity (Wildman–Crippen MR) is 164 cm³/mol. The van der Waals surface area contributed by atoms with Crippen molar-refractivity contribution in [2.45, 2.75) is 30.8 Å². The first-order chi connectivity index (χ1) is 19.0. The van der Waals surface area contributed by atoms with Crippen molar-refractivity contribution >= 4 is 44.8 Å². The summed E-state index contributed by atoms with van der Waals surface area (Å²) >= 11 is 5.85. The van der Waals surface area contributed by atoms with Gasteiger partial charge < -0.3 is 10.6 Å². The molecule has 0 spiro atoms. The monoisotopic (exact) mass is 580 g/mol. The van der Waals surface area contributed by atoms with Crippen LogP contribution in [0.25, 0.3) is 11.8 Å². The van der Waals surface area contributed by atoms with Crippen LogP contribution in [-0.2, 0) is 10.0 Å². The van der Waals surface area contributed by atoms with Gasteiger partial charge in [-0.15, -0.1) is 0 Å². The lowest BCUT2D eigenvalue weighted by Gasteiger charge is -2.44. The van der Waals surface area contributed by atoms with Crippen molar-refractivity contribution in [3.8, 4) is 0 Å². The van der Waals surface area contributed by atoms with Gasteiger partial charge in [0.2, 0.25) is 0 Å². The van der Waals surface area contributed by atoms with Crippen molar-refractivity contribution in [1.82, 2.24) is 9.80 Å². The van der Waals surface area contributed by atoms with E-state index in [-0.39, 0.29) is 27.7 Å². The molecule has 0 aliphatic carbocycles. The van der Waals surface area contributed by atoms with Gasteiger partial charge in [0.05, 0.1) is 10.7 Å². The number of rotatable bonds is 9. The Balaban J connectivity index is 1.42. The number of hydrogen-bond acceptors (Lipinski definition) is 5. The third-order valence-corrected chi connectivity index (χ3v) is 9.00.